The van der Waals surface area contributed by atoms with E-state index in [9.17, 15) is 13.2 Å². The fraction of sp³-hybridized carbons (Fsp3) is 0.222. The highest BCUT2D eigenvalue weighted by Crippen LogP contribution is 2.35. The maximum Gasteiger partial charge on any atom is 0.417 e. The van der Waals surface area contributed by atoms with E-state index in [0.717, 1.165) is 34.7 Å². The first-order valence-corrected chi connectivity index (χ1v) is 11.1. The van der Waals surface area contributed by atoms with Gasteiger partial charge in [-0.15, -0.1) is 0 Å². The van der Waals surface area contributed by atoms with Gasteiger partial charge in [-0.2, -0.15) is 13.2 Å². The number of nitrogens with one attached hydrogen (secondary N) is 1. The molecule has 188 valence electrons. The van der Waals surface area contributed by atoms with Gasteiger partial charge in [-0.3, -0.25) is 0 Å². The van der Waals surface area contributed by atoms with Crippen LogP contribution in [0.25, 0.3) is 11.3 Å². The summed E-state index contributed by atoms with van der Waals surface area (Å²) in [5.74, 6) is 1.26. The maximum atomic E-state index is 13.1. The third-order valence-corrected chi connectivity index (χ3v) is 5.40. The van der Waals surface area contributed by atoms with E-state index in [1.807, 2.05) is 48.5 Å². The number of rotatable bonds is 10. The zero-order valence-electron chi connectivity index (χ0n) is 19.8. The number of pyridine rings is 1. The Morgan fingerprint density at radius 3 is 2.00 bits per heavy atom. The van der Waals surface area contributed by atoms with Gasteiger partial charge in [0.05, 0.1) is 19.3 Å². The van der Waals surface area contributed by atoms with Gasteiger partial charge in [0.25, 0.3) is 5.88 Å². The molecular weight excluding hydrogens is 473 g/mol. The Bertz CT molecular complexity index is 1270. The van der Waals surface area contributed by atoms with E-state index in [2.05, 4.69) is 9.97 Å². The molecule has 0 saturated carbocycles. The van der Waals surface area contributed by atoms with Crippen molar-refractivity contribution >= 4 is 0 Å². The first-order chi connectivity index (χ1) is 17.4. The van der Waals surface area contributed by atoms with Gasteiger partial charge in [0.15, 0.2) is 5.75 Å². The lowest BCUT2D eigenvalue weighted by atomic mass is 10.1. The molecular formula is C27H25F3N2O4. The molecule has 0 aliphatic rings. The number of halogens is 3. The zero-order valence-corrected chi connectivity index (χ0v) is 19.8. The fourth-order valence-electron chi connectivity index (χ4n) is 3.45. The van der Waals surface area contributed by atoms with Crippen molar-refractivity contribution in [2.24, 2.45) is 0 Å². The van der Waals surface area contributed by atoms with Crippen molar-refractivity contribution in [2.75, 3.05) is 14.2 Å². The summed E-state index contributed by atoms with van der Waals surface area (Å²) in [5, 5.41) is 0. The molecule has 0 aliphatic carbocycles. The molecule has 0 fully saturated rings. The Hall–Kier alpha value is -3.98. The van der Waals surface area contributed by atoms with Crippen molar-refractivity contribution in [1.29, 1.82) is 0 Å². The van der Waals surface area contributed by atoms with Crippen LogP contribution in [-0.2, 0) is 30.7 Å². The van der Waals surface area contributed by atoms with Crippen molar-refractivity contribution in [3.63, 3.8) is 0 Å². The molecule has 0 radical (unpaired) electrons. The van der Waals surface area contributed by atoms with Gasteiger partial charge < -0.3 is 23.9 Å². The summed E-state index contributed by atoms with van der Waals surface area (Å²) < 4.78 is 61.4. The lowest BCUT2D eigenvalue weighted by Crippen LogP contribution is -2.03. The third kappa shape index (κ3) is 6.37. The second-order valence-electron chi connectivity index (χ2n) is 8.00. The van der Waals surface area contributed by atoms with Crippen LogP contribution in [0.3, 0.4) is 0 Å². The Morgan fingerprint density at radius 1 is 0.806 bits per heavy atom. The fourth-order valence-corrected chi connectivity index (χ4v) is 3.45. The average Bonchev–Trinajstić information content (AvgIpc) is 3.39. The standard InChI is InChI=1S/C27H25F3N2O4/c1-33-15-18-3-5-19(6-4-18)17-36-26-25(35-16-20-7-9-23(34-2)10-8-20)11-21(13-32-26)24-12-22(14-31-24)27(28,29)30/h3-14,31H,15-17H2,1-2H3. The van der Waals surface area contributed by atoms with Crippen molar-refractivity contribution in [2.45, 2.75) is 26.0 Å². The summed E-state index contributed by atoms with van der Waals surface area (Å²) >= 11 is 0. The monoisotopic (exact) mass is 498 g/mol. The van der Waals surface area contributed by atoms with E-state index in [4.69, 9.17) is 18.9 Å². The summed E-state index contributed by atoms with van der Waals surface area (Å²) in [6, 6.07) is 17.7. The highest BCUT2D eigenvalue weighted by molar-refractivity contribution is 5.63. The van der Waals surface area contributed by atoms with Gasteiger partial charge >= 0.3 is 6.18 Å². The predicted molar refractivity (Wildman–Crippen MR) is 128 cm³/mol. The van der Waals surface area contributed by atoms with Crippen molar-refractivity contribution in [1.82, 2.24) is 9.97 Å². The van der Waals surface area contributed by atoms with Crippen molar-refractivity contribution in [3.05, 3.63) is 95.3 Å². The molecule has 0 atom stereocenters. The SMILES string of the molecule is COCc1ccc(COc2ncc(-c3cc(C(F)(F)F)c[nH]3)cc2OCc2ccc(OC)cc2)cc1. The van der Waals surface area contributed by atoms with Crippen LogP contribution in [0.5, 0.6) is 17.4 Å². The van der Waals surface area contributed by atoms with Gasteiger partial charge in [-0.05, 0) is 41.0 Å². The quantitative estimate of drug-likeness (QED) is 0.274. The molecule has 6 nitrogen and oxygen atoms in total. The topological polar surface area (TPSA) is 65.6 Å². The Morgan fingerprint density at radius 2 is 1.42 bits per heavy atom. The molecule has 4 aromatic rings. The summed E-state index contributed by atoms with van der Waals surface area (Å²) in [6.07, 6.45) is -2.08. The second kappa shape index (κ2) is 11.2. The third-order valence-electron chi connectivity index (χ3n) is 5.40. The smallest absolute Gasteiger partial charge is 0.417 e. The number of H-pyrrole nitrogens is 1. The number of nitrogens with zero attached hydrogens (tertiary/aromatic N) is 1. The van der Waals surface area contributed by atoms with Crippen LogP contribution in [0.1, 0.15) is 22.3 Å². The Labute approximate surface area is 206 Å². The zero-order chi connectivity index (χ0) is 25.5. The van der Waals surface area contributed by atoms with Crippen LogP contribution in [-0.4, -0.2) is 24.2 Å². The first-order valence-electron chi connectivity index (χ1n) is 11.1. The van der Waals surface area contributed by atoms with Gasteiger partial charge in [0, 0.05) is 30.8 Å². The number of aromatic amines is 1. The van der Waals surface area contributed by atoms with Crippen LogP contribution in [0, 0.1) is 0 Å². The molecule has 0 amide bonds. The molecule has 9 heteroatoms. The highest BCUT2D eigenvalue weighted by atomic mass is 19.4. The number of hydrogen-bond donors (Lipinski definition) is 1. The van der Waals surface area contributed by atoms with Crippen LogP contribution in [0.2, 0.25) is 0 Å². The highest BCUT2D eigenvalue weighted by Gasteiger charge is 2.31. The van der Waals surface area contributed by atoms with E-state index < -0.39 is 11.7 Å². The number of alkyl halides is 3. The van der Waals surface area contributed by atoms with Crippen molar-refractivity contribution in [3.8, 4) is 28.6 Å². The minimum atomic E-state index is -4.45. The summed E-state index contributed by atoms with van der Waals surface area (Å²) in [4.78, 5) is 6.99. The van der Waals surface area contributed by atoms with Gasteiger partial charge in [0.2, 0.25) is 0 Å². The minimum absolute atomic E-state index is 0.204. The lowest BCUT2D eigenvalue weighted by molar-refractivity contribution is -0.137. The largest absolute Gasteiger partial charge is 0.497 e. The van der Waals surface area contributed by atoms with Crippen LogP contribution >= 0.6 is 0 Å². The molecule has 0 unspecified atom stereocenters. The summed E-state index contributed by atoms with van der Waals surface area (Å²) in [7, 11) is 3.22. The summed E-state index contributed by atoms with van der Waals surface area (Å²) in [5.41, 5.74) is 2.77. The Kier molecular flexibility index (Phi) is 7.80. The second-order valence-corrected chi connectivity index (χ2v) is 8.00. The molecule has 0 bridgehead atoms. The van der Waals surface area contributed by atoms with Crippen LogP contribution < -0.4 is 14.2 Å². The van der Waals surface area contributed by atoms with E-state index in [1.54, 1.807) is 20.3 Å². The molecule has 4 rings (SSSR count). The van der Waals surface area contributed by atoms with Crippen LogP contribution in [0.4, 0.5) is 13.2 Å². The number of methoxy groups -OCH3 is 2. The number of ether oxygens (including phenoxy) is 4. The average molecular weight is 499 g/mol. The van der Waals surface area contributed by atoms with Crippen LogP contribution in [0.15, 0.2) is 73.1 Å². The molecule has 1 N–H and O–H groups in total. The molecule has 0 saturated heterocycles. The maximum absolute atomic E-state index is 13.1. The van der Waals surface area contributed by atoms with Gasteiger partial charge in [0.1, 0.15) is 19.0 Å². The predicted octanol–water partition coefficient (Wildman–Crippen LogP) is 6.41. The van der Waals surface area contributed by atoms with Gasteiger partial charge in [-0.1, -0.05) is 36.4 Å². The summed E-state index contributed by atoms with van der Waals surface area (Å²) in [6.45, 7) is 0.956. The first kappa shape index (κ1) is 25.1. The van der Waals surface area contributed by atoms with Gasteiger partial charge in [-0.25, -0.2) is 4.98 Å². The van der Waals surface area contributed by atoms with E-state index in [0.29, 0.717) is 17.9 Å². The molecule has 0 aliphatic heterocycles. The molecule has 0 spiro atoms. The van der Waals surface area contributed by atoms with E-state index in [1.165, 1.54) is 6.20 Å². The molecule has 2 aromatic carbocycles. The van der Waals surface area contributed by atoms with E-state index in [-0.39, 0.29) is 24.8 Å². The molecule has 2 aromatic heterocycles. The molecule has 36 heavy (non-hydrogen) atoms. The van der Waals surface area contributed by atoms with E-state index >= 15 is 0 Å². The molecule has 2 heterocycles. The van der Waals surface area contributed by atoms with Crippen molar-refractivity contribution < 1.29 is 32.1 Å². The Balaban J connectivity index is 1.55. The number of hydrogen-bond acceptors (Lipinski definition) is 5. The minimum Gasteiger partial charge on any atom is -0.497 e. The lowest BCUT2D eigenvalue weighted by Gasteiger charge is -2.14. The number of benzene rings is 2. The normalized spacial score (nSPS) is 11.4. The number of aromatic nitrogens is 2.